The van der Waals surface area contributed by atoms with Crippen LogP contribution in [0, 0.1) is 34.5 Å². The normalized spacial score (nSPS) is 44.8. The van der Waals surface area contributed by atoms with Gasteiger partial charge in [0, 0.05) is 38.3 Å². The Hall–Kier alpha value is -1.14. The number of esters is 2. The van der Waals surface area contributed by atoms with Crippen LogP contribution >= 0.6 is 0 Å². The lowest BCUT2D eigenvalue weighted by Gasteiger charge is -2.66. The SMILES string of the molecule is CCCC(=O)OC1CC[C@H]2[C@@H]3CCC4CC(OC(C)=O)(N5CCCCCC5)C(N5CCCCC5)C[C@]4(C)[C@H]3CC[C@]12C. The molecule has 4 unspecified atom stereocenters. The Kier molecular flexibility index (Phi) is 9.06. The molecular weight excluding hydrogens is 524 g/mol. The number of ether oxygens (including phenoxy) is 2. The van der Waals surface area contributed by atoms with Crippen molar-refractivity contribution in [2.45, 2.75) is 155 Å². The fourth-order valence-corrected chi connectivity index (χ4v) is 11.7. The summed E-state index contributed by atoms with van der Waals surface area (Å²) in [6.07, 6.45) is 19.7. The van der Waals surface area contributed by atoms with E-state index in [2.05, 4.69) is 30.6 Å². The molecule has 6 fully saturated rings. The topological polar surface area (TPSA) is 59.1 Å². The summed E-state index contributed by atoms with van der Waals surface area (Å²) in [5.74, 6) is 2.60. The van der Waals surface area contributed by atoms with Crippen LogP contribution in [0.25, 0.3) is 0 Å². The number of carbonyl (C=O) groups is 2. The summed E-state index contributed by atoms with van der Waals surface area (Å²) in [7, 11) is 0. The van der Waals surface area contributed by atoms with Crippen molar-refractivity contribution in [3.8, 4) is 0 Å². The number of fused-ring (bicyclic) bond motifs is 5. The first-order valence-electron chi connectivity index (χ1n) is 18.1. The van der Waals surface area contributed by atoms with E-state index in [0.717, 1.165) is 57.8 Å². The third-order valence-electron chi connectivity index (χ3n) is 13.7. The third-order valence-corrected chi connectivity index (χ3v) is 13.7. The molecule has 0 aromatic heterocycles. The van der Waals surface area contributed by atoms with E-state index in [-0.39, 0.29) is 34.9 Å². The number of carbonyl (C=O) groups excluding carboxylic acids is 2. The minimum atomic E-state index is -0.486. The van der Waals surface area contributed by atoms with Crippen molar-refractivity contribution >= 4 is 11.9 Å². The van der Waals surface area contributed by atoms with Gasteiger partial charge in [-0.05, 0) is 119 Å². The van der Waals surface area contributed by atoms with Crippen molar-refractivity contribution < 1.29 is 19.1 Å². The van der Waals surface area contributed by atoms with Gasteiger partial charge in [-0.25, -0.2) is 0 Å². The Bertz CT molecular complexity index is 973. The highest BCUT2D eigenvalue weighted by molar-refractivity contribution is 5.69. The maximum Gasteiger partial charge on any atom is 0.306 e. The molecule has 42 heavy (non-hydrogen) atoms. The molecule has 0 aromatic carbocycles. The molecule has 6 rings (SSSR count). The maximum absolute atomic E-state index is 12.9. The third kappa shape index (κ3) is 5.37. The number of hydrogen-bond donors (Lipinski definition) is 0. The zero-order valence-electron chi connectivity index (χ0n) is 27.3. The number of nitrogens with zero attached hydrogens (tertiary/aromatic N) is 2. The van der Waals surface area contributed by atoms with Crippen LogP contribution in [-0.4, -0.2) is 65.8 Å². The van der Waals surface area contributed by atoms with Crippen molar-refractivity contribution in [2.24, 2.45) is 34.5 Å². The number of likely N-dealkylation sites (tertiary alicyclic amines) is 2. The van der Waals surface area contributed by atoms with E-state index in [0.29, 0.717) is 24.2 Å². The lowest BCUT2D eigenvalue weighted by molar-refractivity contribution is -0.251. The quantitative estimate of drug-likeness (QED) is 0.305. The Morgan fingerprint density at radius 1 is 0.786 bits per heavy atom. The Morgan fingerprint density at radius 2 is 1.45 bits per heavy atom. The molecule has 0 bridgehead atoms. The van der Waals surface area contributed by atoms with Gasteiger partial charge in [0.05, 0.1) is 6.04 Å². The fraction of sp³-hybridized carbons (Fsp3) is 0.944. The molecule has 4 aliphatic carbocycles. The van der Waals surface area contributed by atoms with Crippen LogP contribution in [-0.2, 0) is 19.1 Å². The first-order chi connectivity index (χ1) is 20.2. The van der Waals surface area contributed by atoms with Crippen LogP contribution in [0.3, 0.4) is 0 Å². The number of hydrogen-bond acceptors (Lipinski definition) is 6. The molecule has 0 aromatic rings. The molecule has 0 amide bonds. The van der Waals surface area contributed by atoms with Gasteiger partial charge in [0.15, 0.2) is 5.72 Å². The van der Waals surface area contributed by atoms with Gasteiger partial charge >= 0.3 is 11.9 Å². The number of rotatable bonds is 6. The second-order valence-electron chi connectivity index (χ2n) is 15.9. The Morgan fingerprint density at radius 3 is 2.14 bits per heavy atom. The van der Waals surface area contributed by atoms with Gasteiger partial charge in [-0.1, -0.05) is 40.0 Å². The summed E-state index contributed by atoms with van der Waals surface area (Å²) in [6.45, 7) is 13.2. The van der Waals surface area contributed by atoms with E-state index >= 15 is 0 Å². The zero-order chi connectivity index (χ0) is 29.5. The first kappa shape index (κ1) is 30.9. The van der Waals surface area contributed by atoms with Crippen molar-refractivity contribution in [3.63, 3.8) is 0 Å². The van der Waals surface area contributed by atoms with Crippen LogP contribution in [0.5, 0.6) is 0 Å². The van der Waals surface area contributed by atoms with Crippen molar-refractivity contribution in [1.82, 2.24) is 9.80 Å². The van der Waals surface area contributed by atoms with Crippen LogP contribution in [0.2, 0.25) is 0 Å². The van der Waals surface area contributed by atoms with Crippen LogP contribution in [0.4, 0.5) is 0 Å². The fourth-order valence-electron chi connectivity index (χ4n) is 11.7. The number of piperidine rings is 1. The second-order valence-corrected chi connectivity index (χ2v) is 15.9. The molecule has 0 N–H and O–H groups in total. The van der Waals surface area contributed by atoms with E-state index in [9.17, 15) is 9.59 Å². The van der Waals surface area contributed by atoms with Crippen molar-refractivity contribution in [2.75, 3.05) is 26.2 Å². The van der Waals surface area contributed by atoms with Gasteiger partial charge in [-0.2, -0.15) is 0 Å². The zero-order valence-corrected chi connectivity index (χ0v) is 27.3. The molecule has 6 heteroatoms. The smallest absolute Gasteiger partial charge is 0.306 e. The van der Waals surface area contributed by atoms with Gasteiger partial charge in [0.1, 0.15) is 6.10 Å². The lowest BCUT2D eigenvalue weighted by atomic mass is 9.44. The average Bonchev–Trinajstić information content (AvgIpc) is 3.12. The van der Waals surface area contributed by atoms with Gasteiger partial charge in [0.2, 0.25) is 0 Å². The molecule has 2 saturated heterocycles. The molecule has 0 radical (unpaired) electrons. The van der Waals surface area contributed by atoms with Crippen LogP contribution in [0.1, 0.15) is 137 Å². The second kappa shape index (κ2) is 12.3. The summed E-state index contributed by atoms with van der Waals surface area (Å²) in [6, 6.07) is 0.277. The molecule has 6 nitrogen and oxygen atoms in total. The molecule has 2 heterocycles. The van der Waals surface area contributed by atoms with Crippen molar-refractivity contribution in [3.05, 3.63) is 0 Å². The van der Waals surface area contributed by atoms with Gasteiger partial charge in [-0.15, -0.1) is 0 Å². The molecule has 6 aliphatic rings. The summed E-state index contributed by atoms with van der Waals surface area (Å²) in [4.78, 5) is 30.9. The molecule has 4 saturated carbocycles. The van der Waals surface area contributed by atoms with E-state index < -0.39 is 5.72 Å². The maximum atomic E-state index is 12.9. The average molecular weight is 585 g/mol. The highest BCUT2D eigenvalue weighted by atomic mass is 16.6. The Balaban J connectivity index is 1.30. The predicted molar refractivity (Wildman–Crippen MR) is 166 cm³/mol. The monoisotopic (exact) mass is 584 g/mol. The van der Waals surface area contributed by atoms with Gasteiger partial charge in [0.25, 0.3) is 0 Å². The van der Waals surface area contributed by atoms with Crippen LogP contribution in [0.15, 0.2) is 0 Å². The molecular formula is C36H60N2O4. The molecule has 238 valence electrons. The highest BCUT2D eigenvalue weighted by Gasteiger charge is 2.66. The summed E-state index contributed by atoms with van der Waals surface area (Å²) < 4.78 is 12.9. The molecule has 0 spiro atoms. The van der Waals surface area contributed by atoms with E-state index in [1.165, 1.54) is 77.0 Å². The summed E-state index contributed by atoms with van der Waals surface area (Å²) in [5.41, 5.74) is -0.0965. The first-order valence-corrected chi connectivity index (χ1v) is 18.1. The van der Waals surface area contributed by atoms with E-state index in [1.807, 2.05) is 0 Å². The molecule has 9 atom stereocenters. The van der Waals surface area contributed by atoms with Crippen LogP contribution < -0.4 is 0 Å². The van der Waals surface area contributed by atoms with Gasteiger partial charge in [-0.3, -0.25) is 19.4 Å². The Labute approximate surface area is 256 Å². The highest BCUT2D eigenvalue weighted by Crippen LogP contribution is 2.68. The minimum Gasteiger partial charge on any atom is -0.462 e. The lowest BCUT2D eigenvalue weighted by Crippen LogP contribution is -2.71. The molecule has 2 aliphatic heterocycles. The van der Waals surface area contributed by atoms with Crippen molar-refractivity contribution in [1.29, 1.82) is 0 Å². The largest absolute Gasteiger partial charge is 0.462 e. The van der Waals surface area contributed by atoms with E-state index in [1.54, 1.807) is 6.92 Å². The predicted octanol–water partition coefficient (Wildman–Crippen LogP) is 7.34. The minimum absolute atomic E-state index is 0.00847. The van der Waals surface area contributed by atoms with Gasteiger partial charge < -0.3 is 9.47 Å². The standard InChI is InChI=1S/C36H60N2O4/c1-5-13-33(40)41-32-17-16-29-28-15-14-27-24-36(42-26(2)39,38-22-11-6-7-12-23-38)31(37-20-9-8-10-21-37)25-35(27,4)30(28)18-19-34(29,32)3/h27-32H,5-25H2,1-4H3/t27?,28-,29-,30-,31?,32?,34-,35-,36?/m0/s1. The summed E-state index contributed by atoms with van der Waals surface area (Å²) >= 11 is 0. The van der Waals surface area contributed by atoms with E-state index in [4.69, 9.17) is 9.47 Å². The summed E-state index contributed by atoms with van der Waals surface area (Å²) in [5, 5.41) is 0.